The van der Waals surface area contributed by atoms with E-state index in [9.17, 15) is 14.9 Å². The summed E-state index contributed by atoms with van der Waals surface area (Å²) in [5.74, 6) is 1.39. The van der Waals surface area contributed by atoms with Gasteiger partial charge in [-0.15, -0.1) is 0 Å². The number of non-ortho nitro benzene ring substituents is 1. The molecule has 0 bridgehead atoms. The first-order valence-electron chi connectivity index (χ1n) is 10.3. The van der Waals surface area contributed by atoms with Crippen molar-refractivity contribution in [1.29, 1.82) is 0 Å². The van der Waals surface area contributed by atoms with E-state index in [0.29, 0.717) is 48.6 Å². The molecule has 0 atom stereocenters. The van der Waals surface area contributed by atoms with Crippen molar-refractivity contribution in [1.82, 2.24) is 15.0 Å². The summed E-state index contributed by atoms with van der Waals surface area (Å²) in [7, 11) is 0. The Hall–Kier alpha value is -2.77. The van der Waals surface area contributed by atoms with Crippen molar-refractivity contribution in [2.45, 2.75) is 64.8 Å². The third kappa shape index (κ3) is 5.62. The first-order valence-corrected chi connectivity index (χ1v) is 10.3. The van der Waals surface area contributed by atoms with Gasteiger partial charge in [0.1, 0.15) is 0 Å². The van der Waals surface area contributed by atoms with Crippen LogP contribution in [0.4, 0.5) is 5.69 Å². The molecule has 1 saturated carbocycles. The number of carbonyl (C=O) groups excluding carboxylic acids is 1. The van der Waals surface area contributed by atoms with Gasteiger partial charge in [0.15, 0.2) is 0 Å². The number of carbonyl (C=O) groups is 1. The minimum atomic E-state index is -0.445. The summed E-state index contributed by atoms with van der Waals surface area (Å²) in [6, 6.07) is 6.34. The third-order valence-corrected chi connectivity index (χ3v) is 5.29. The number of nitrogens with zero attached hydrogens (tertiary/aromatic N) is 4. The van der Waals surface area contributed by atoms with E-state index < -0.39 is 4.92 Å². The fourth-order valence-electron chi connectivity index (χ4n) is 3.79. The van der Waals surface area contributed by atoms with Gasteiger partial charge in [0.25, 0.3) is 5.69 Å². The highest BCUT2D eigenvalue weighted by atomic mass is 16.6. The molecular weight excluding hydrogens is 372 g/mol. The number of aromatic nitrogens is 2. The number of amides is 1. The van der Waals surface area contributed by atoms with Crippen molar-refractivity contribution in [2.75, 3.05) is 6.54 Å². The van der Waals surface area contributed by atoms with Gasteiger partial charge in [-0.05, 0) is 30.9 Å². The zero-order chi connectivity index (χ0) is 20.8. The molecule has 1 aromatic heterocycles. The highest BCUT2D eigenvalue weighted by Gasteiger charge is 2.26. The lowest BCUT2D eigenvalue weighted by Gasteiger charge is -2.34. The normalized spacial score (nSPS) is 14.9. The molecule has 1 aliphatic carbocycles. The number of benzene rings is 1. The Balaban J connectivity index is 1.66. The summed E-state index contributed by atoms with van der Waals surface area (Å²) in [4.78, 5) is 29.5. The van der Waals surface area contributed by atoms with E-state index >= 15 is 0 Å². The minimum Gasteiger partial charge on any atom is -0.339 e. The van der Waals surface area contributed by atoms with Gasteiger partial charge in [-0.25, -0.2) is 0 Å². The molecule has 0 saturated heterocycles. The molecule has 0 aliphatic heterocycles. The highest BCUT2D eigenvalue weighted by Crippen LogP contribution is 2.25. The van der Waals surface area contributed by atoms with Crippen LogP contribution in [0.3, 0.4) is 0 Å². The maximum atomic E-state index is 12.8. The van der Waals surface area contributed by atoms with E-state index in [4.69, 9.17) is 4.52 Å². The summed E-state index contributed by atoms with van der Waals surface area (Å²) in [5, 5.41) is 14.8. The van der Waals surface area contributed by atoms with Crippen LogP contribution in [0.2, 0.25) is 0 Å². The van der Waals surface area contributed by atoms with Gasteiger partial charge >= 0.3 is 0 Å². The molecule has 156 valence electrons. The molecule has 0 radical (unpaired) electrons. The summed E-state index contributed by atoms with van der Waals surface area (Å²) in [6.07, 6.45) is 6.74. The zero-order valence-corrected chi connectivity index (χ0v) is 17.0. The molecule has 1 fully saturated rings. The lowest BCUT2D eigenvalue weighted by atomic mass is 9.93. The fourth-order valence-corrected chi connectivity index (χ4v) is 3.79. The zero-order valence-electron chi connectivity index (χ0n) is 17.0. The molecular formula is C21H28N4O4. The molecule has 0 unspecified atom stereocenters. The van der Waals surface area contributed by atoms with Crippen LogP contribution in [0, 0.1) is 16.0 Å². The van der Waals surface area contributed by atoms with Gasteiger partial charge < -0.3 is 9.42 Å². The van der Waals surface area contributed by atoms with Gasteiger partial charge in [-0.2, -0.15) is 4.98 Å². The van der Waals surface area contributed by atoms with E-state index in [0.717, 1.165) is 12.8 Å². The minimum absolute atomic E-state index is 0.0178. The number of rotatable bonds is 8. The maximum Gasteiger partial charge on any atom is 0.269 e. The van der Waals surface area contributed by atoms with Crippen molar-refractivity contribution in [3.05, 3.63) is 40.3 Å². The second-order valence-corrected chi connectivity index (χ2v) is 8.04. The van der Waals surface area contributed by atoms with Gasteiger partial charge in [0.2, 0.25) is 17.6 Å². The van der Waals surface area contributed by atoms with E-state index in [1.807, 2.05) is 4.90 Å². The fraction of sp³-hybridized carbons (Fsp3) is 0.571. The molecule has 1 heterocycles. The first kappa shape index (κ1) is 21.0. The van der Waals surface area contributed by atoms with Crippen LogP contribution in [0.15, 0.2) is 28.8 Å². The van der Waals surface area contributed by atoms with Crippen molar-refractivity contribution >= 4 is 11.6 Å². The Morgan fingerprint density at radius 3 is 2.55 bits per heavy atom. The van der Waals surface area contributed by atoms with Crippen LogP contribution in [0.5, 0.6) is 0 Å². The molecule has 8 nitrogen and oxygen atoms in total. The van der Waals surface area contributed by atoms with Gasteiger partial charge in [0.05, 0.1) is 4.92 Å². The second-order valence-electron chi connectivity index (χ2n) is 8.04. The molecule has 2 aromatic rings. The SMILES string of the molecule is CC(C)CC(=O)N(CCc1nc(-c2ccc([N+](=O)[O-])cc2)no1)C1CCCCC1. The second kappa shape index (κ2) is 9.62. The summed E-state index contributed by atoms with van der Waals surface area (Å²) in [6.45, 7) is 4.69. The molecule has 29 heavy (non-hydrogen) atoms. The molecule has 3 rings (SSSR count). The molecule has 1 aliphatic rings. The molecule has 1 aromatic carbocycles. The Kier molecular flexibility index (Phi) is 6.95. The first-order chi connectivity index (χ1) is 13.9. The van der Waals surface area contributed by atoms with E-state index in [1.54, 1.807) is 12.1 Å². The summed E-state index contributed by atoms with van der Waals surface area (Å²) >= 11 is 0. The lowest BCUT2D eigenvalue weighted by Crippen LogP contribution is -2.43. The standard InChI is InChI=1S/C21H28N4O4/c1-15(2)14-20(26)24(17-6-4-3-5-7-17)13-12-19-22-21(23-29-19)16-8-10-18(11-9-16)25(27)28/h8-11,15,17H,3-7,12-14H2,1-2H3. The summed E-state index contributed by atoms with van der Waals surface area (Å²) in [5.41, 5.74) is 0.676. The largest absolute Gasteiger partial charge is 0.339 e. The quantitative estimate of drug-likeness (QED) is 0.481. The van der Waals surface area contributed by atoms with Crippen molar-refractivity contribution in [2.24, 2.45) is 5.92 Å². The van der Waals surface area contributed by atoms with Crippen LogP contribution in [-0.2, 0) is 11.2 Å². The van der Waals surface area contributed by atoms with Gasteiger partial charge in [0, 0.05) is 43.1 Å². The molecule has 0 N–H and O–H groups in total. The maximum absolute atomic E-state index is 12.8. The smallest absolute Gasteiger partial charge is 0.269 e. The Bertz CT molecular complexity index is 825. The van der Waals surface area contributed by atoms with E-state index in [-0.39, 0.29) is 11.6 Å². The molecule has 8 heteroatoms. The Morgan fingerprint density at radius 2 is 1.93 bits per heavy atom. The number of nitro benzene ring substituents is 1. The van der Waals surface area contributed by atoms with Crippen LogP contribution >= 0.6 is 0 Å². The van der Waals surface area contributed by atoms with Crippen LogP contribution < -0.4 is 0 Å². The predicted molar refractivity (Wildman–Crippen MR) is 108 cm³/mol. The predicted octanol–water partition coefficient (Wildman–Crippen LogP) is 4.39. The van der Waals surface area contributed by atoms with Crippen LogP contribution in [0.25, 0.3) is 11.4 Å². The average Bonchev–Trinajstić information content (AvgIpc) is 3.17. The topological polar surface area (TPSA) is 102 Å². The van der Waals surface area contributed by atoms with Crippen LogP contribution in [0.1, 0.15) is 58.3 Å². The number of hydrogen-bond acceptors (Lipinski definition) is 6. The monoisotopic (exact) mass is 400 g/mol. The molecule has 1 amide bonds. The van der Waals surface area contributed by atoms with Crippen LogP contribution in [-0.4, -0.2) is 38.5 Å². The lowest BCUT2D eigenvalue weighted by molar-refractivity contribution is -0.384. The van der Waals surface area contributed by atoms with Crippen molar-refractivity contribution in [3.63, 3.8) is 0 Å². The Labute approximate surface area is 170 Å². The summed E-state index contributed by atoms with van der Waals surface area (Å²) < 4.78 is 5.36. The average molecular weight is 400 g/mol. The highest BCUT2D eigenvalue weighted by molar-refractivity contribution is 5.76. The molecule has 0 spiro atoms. The van der Waals surface area contributed by atoms with E-state index in [1.165, 1.54) is 31.4 Å². The van der Waals surface area contributed by atoms with Crippen molar-refractivity contribution < 1.29 is 14.2 Å². The van der Waals surface area contributed by atoms with Gasteiger partial charge in [-0.1, -0.05) is 38.3 Å². The number of hydrogen-bond donors (Lipinski definition) is 0. The van der Waals surface area contributed by atoms with Gasteiger partial charge in [-0.3, -0.25) is 14.9 Å². The third-order valence-electron chi connectivity index (χ3n) is 5.29. The van der Waals surface area contributed by atoms with Crippen molar-refractivity contribution in [3.8, 4) is 11.4 Å². The Morgan fingerprint density at radius 1 is 1.24 bits per heavy atom. The number of nitro groups is 1. The van der Waals surface area contributed by atoms with E-state index in [2.05, 4.69) is 24.0 Å².